The highest BCUT2D eigenvalue weighted by Gasteiger charge is 2.12. The van der Waals surface area contributed by atoms with Crippen LogP contribution < -0.4 is 5.32 Å². The molecule has 8 heteroatoms. The molecule has 0 aliphatic carbocycles. The molecule has 2 heterocycles. The van der Waals surface area contributed by atoms with Gasteiger partial charge in [-0.1, -0.05) is 0 Å². The summed E-state index contributed by atoms with van der Waals surface area (Å²) >= 11 is 0. The molecule has 0 saturated heterocycles. The third-order valence-corrected chi connectivity index (χ3v) is 1.71. The summed E-state index contributed by atoms with van der Waals surface area (Å²) < 4.78 is 0. The molecule has 16 heavy (non-hydrogen) atoms. The van der Waals surface area contributed by atoms with Crippen LogP contribution in [0.1, 0.15) is 16.3 Å². The molecule has 78 valence electrons. The standard InChI is InChI=1S/C8H5N7O/c9-4-6-5(2-1-3-10-6)11-8(16)7-12-14-15-13-7/h1-3H,(H,11,16)(H,12,13,14,15). The van der Waals surface area contributed by atoms with Gasteiger partial charge in [0.05, 0.1) is 5.69 Å². The quantitative estimate of drug-likeness (QED) is 0.710. The first-order chi connectivity index (χ1) is 7.81. The van der Waals surface area contributed by atoms with Gasteiger partial charge in [-0.25, -0.2) is 4.98 Å². The SMILES string of the molecule is N#Cc1ncccc1NC(=O)c1nn[nH]n1. The van der Waals surface area contributed by atoms with Crippen LogP contribution in [0.25, 0.3) is 0 Å². The molecule has 0 saturated carbocycles. The average molecular weight is 215 g/mol. The minimum absolute atomic E-state index is 0.104. The van der Waals surface area contributed by atoms with Crippen molar-refractivity contribution in [3.8, 4) is 6.07 Å². The summed E-state index contributed by atoms with van der Waals surface area (Å²) in [4.78, 5) is 15.3. The maximum atomic E-state index is 11.5. The van der Waals surface area contributed by atoms with Crippen molar-refractivity contribution < 1.29 is 4.79 Å². The molecule has 2 N–H and O–H groups in total. The molecule has 0 atom stereocenters. The number of nitrogens with zero attached hydrogens (tertiary/aromatic N) is 5. The lowest BCUT2D eigenvalue weighted by Gasteiger charge is -2.02. The Bertz CT molecular complexity index is 542. The van der Waals surface area contributed by atoms with Crippen molar-refractivity contribution in [2.75, 3.05) is 5.32 Å². The van der Waals surface area contributed by atoms with Gasteiger partial charge in [0.25, 0.3) is 11.7 Å². The summed E-state index contributed by atoms with van der Waals surface area (Å²) in [6.07, 6.45) is 1.46. The number of rotatable bonds is 2. The number of carbonyl (C=O) groups is 1. The van der Waals surface area contributed by atoms with Crippen molar-refractivity contribution in [3.63, 3.8) is 0 Å². The van der Waals surface area contributed by atoms with E-state index in [1.165, 1.54) is 6.20 Å². The van der Waals surface area contributed by atoms with Gasteiger partial charge in [-0.15, -0.1) is 10.2 Å². The summed E-state index contributed by atoms with van der Waals surface area (Å²) in [6.45, 7) is 0. The minimum atomic E-state index is -0.557. The Balaban J connectivity index is 2.22. The lowest BCUT2D eigenvalue weighted by Crippen LogP contribution is -2.15. The Morgan fingerprint density at radius 1 is 1.56 bits per heavy atom. The highest BCUT2D eigenvalue weighted by atomic mass is 16.2. The first-order valence-electron chi connectivity index (χ1n) is 4.21. The molecule has 0 aromatic carbocycles. The van der Waals surface area contributed by atoms with Crippen molar-refractivity contribution in [2.24, 2.45) is 0 Å². The summed E-state index contributed by atoms with van der Waals surface area (Å²) in [5, 5.41) is 23.6. The molecule has 0 spiro atoms. The average Bonchev–Trinajstić information content (AvgIpc) is 2.83. The van der Waals surface area contributed by atoms with Gasteiger partial charge >= 0.3 is 0 Å². The Morgan fingerprint density at radius 3 is 3.12 bits per heavy atom. The van der Waals surface area contributed by atoms with E-state index in [0.717, 1.165) is 0 Å². The van der Waals surface area contributed by atoms with Crippen molar-refractivity contribution in [1.82, 2.24) is 25.6 Å². The van der Waals surface area contributed by atoms with Crippen LogP contribution in [0.15, 0.2) is 18.3 Å². The zero-order valence-corrected chi connectivity index (χ0v) is 7.88. The van der Waals surface area contributed by atoms with Crippen LogP contribution in [0, 0.1) is 11.3 Å². The highest BCUT2D eigenvalue weighted by molar-refractivity contribution is 6.01. The topological polar surface area (TPSA) is 120 Å². The molecular formula is C8H5N7O. The normalized spacial score (nSPS) is 9.44. The van der Waals surface area contributed by atoms with Crippen LogP contribution in [0.5, 0.6) is 0 Å². The van der Waals surface area contributed by atoms with Gasteiger partial charge in [-0.05, 0) is 17.3 Å². The van der Waals surface area contributed by atoms with Gasteiger partial charge < -0.3 is 5.32 Å². The second kappa shape index (κ2) is 4.14. The molecule has 0 aliphatic rings. The van der Waals surface area contributed by atoms with E-state index >= 15 is 0 Å². The van der Waals surface area contributed by atoms with Crippen LogP contribution in [0.4, 0.5) is 5.69 Å². The maximum absolute atomic E-state index is 11.5. The molecule has 0 fully saturated rings. The Hall–Kier alpha value is -2.82. The second-order valence-corrected chi connectivity index (χ2v) is 2.70. The van der Waals surface area contributed by atoms with E-state index < -0.39 is 5.91 Å². The van der Waals surface area contributed by atoms with Crippen LogP contribution in [-0.2, 0) is 0 Å². The molecule has 1 amide bonds. The molecule has 2 aromatic heterocycles. The molecule has 0 radical (unpaired) electrons. The van der Waals surface area contributed by atoms with Gasteiger partial charge in [0.1, 0.15) is 6.07 Å². The number of hydrogen-bond donors (Lipinski definition) is 2. The Labute approximate surface area is 89.3 Å². The van der Waals surface area contributed by atoms with Gasteiger partial charge in [-0.3, -0.25) is 4.79 Å². The fourth-order valence-electron chi connectivity index (χ4n) is 1.03. The fourth-order valence-corrected chi connectivity index (χ4v) is 1.03. The van der Waals surface area contributed by atoms with Crippen LogP contribution in [-0.4, -0.2) is 31.5 Å². The van der Waals surface area contributed by atoms with Crippen molar-refractivity contribution >= 4 is 11.6 Å². The van der Waals surface area contributed by atoms with Crippen LogP contribution >= 0.6 is 0 Å². The first-order valence-corrected chi connectivity index (χ1v) is 4.21. The minimum Gasteiger partial charge on any atom is -0.317 e. The molecule has 0 bridgehead atoms. The zero-order valence-electron chi connectivity index (χ0n) is 7.88. The van der Waals surface area contributed by atoms with Gasteiger partial charge in [0.2, 0.25) is 0 Å². The molecular weight excluding hydrogens is 210 g/mol. The number of aromatic amines is 1. The van der Waals surface area contributed by atoms with Crippen molar-refractivity contribution in [2.45, 2.75) is 0 Å². The summed E-state index contributed by atoms with van der Waals surface area (Å²) in [5.74, 6) is -0.661. The van der Waals surface area contributed by atoms with E-state index in [-0.39, 0.29) is 11.5 Å². The monoisotopic (exact) mass is 215 g/mol. The molecule has 2 aromatic rings. The smallest absolute Gasteiger partial charge is 0.297 e. The number of nitrogens with one attached hydrogen (secondary N) is 2. The molecule has 2 rings (SSSR count). The molecule has 0 unspecified atom stereocenters. The lowest BCUT2D eigenvalue weighted by atomic mass is 10.3. The van der Waals surface area contributed by atoms with E-state index in [9.17, 15) is 4.79 Å². The summed E-state index contributed by atoms with van der Waals surface area (Å²) in [5.41, 5.74) is 0.430. The number of anilines is 1. The number of pyridine rings is 1. The van der Waals surface area contributed by atoms with E-state index in [0.29, 0.717) is 5.69 Å². The summed E-state index contributed by atoms with van der Waals surface area (Å²) in [7, 11) is 0. The van der Waals surface area contributed by atoms with Crippen molar-refractivity contribution in [1.29, 1.82) is 5.26 Å². The predicted octanol–water partition coefficient (Wildman–Crippen LogP) is -0.281. The third-order valence-electron chi connectivity index (χ3n) is 1.71. The number of nitriles is 1. The maximum Gasteiger partial charge on any atom is 0.297 e. The van der Waals surface area contributed by atoms with E-state index in [2.05, 4.69) is 30.9 Å². The largest absolute Gasteiger partial charge is 0.317 e. The number of amides is 1. The lowest BCUT2D eigenvalue weighted by molar-refractivity contribution is 0.101. The molecule has 8 nitrogen and oxygen atoms in total. The fraction of sp³-hybridized carbons (Fsp3) is 0. The van der Waals surface area contributed by atoms with E-state index in [4.69, 9.17) is 5.26 Å². The van der Waals surface area contributed by atoms with Gasteiger partial charge in [0.15, 0.2) is 5.69 Å². The molecule has 0 aliphatic heterocycles. The number of hydrogen-bond acceptors (Lipinski definition) is 6. The third kappa shape index (κ3) is 1.83. The highest BCUT2D eigenvalue weighted by Crippen LogP contribution is 2.10. The van der Waals surface area contributed by atoms with E-state index in [1.54, 1.807) is 12.1 Å². The Morgan fingerprint density at radius 2 is 2.44 bits per heavy atom. The first kappa shape index (κ1) is 9.72. The van der Waals surface area contributed by atoms with Crippen LogP contribution in [0.2, 0.25) is 0 Å². The summed E-state index contributed by atoms with van der Waals surface area (Å²) in [6, 6.07) is 5.02. The van der Waals surface area contributed by atoms with E-state index in [1.807, 2.05) is 6.07 Å². The number of aromatic nitrogens is 5. The second-order valence-electron chi connectivity index (χ2n) is 2.70. The van der Waals surface area contributed by atoms with Gasteiger partial charge in [0, 0.05) is 6.20 Å². The Kier molecular flexibility index (Phi) is 2.52. The number of H-pyrrole nitrogens is 1. The van der Waals surface area contributed by atoms with Crippen molar-refractivity contribution in [3.05, 3.63) is 29.8 Å². The zero-order chi connectivity index (χ0) is 11.4. The number of carbonyl (C=O) groups excluding carboxylic acids is 1. The number of tetrazole rings is 1. The van der Waals surface area contributed by atoms with Crippen LogP contribution in [0.3, 0.4) is 0 Å². The predicted molar refractivity (Wildman–Crippen MR) is 51.1 cm³/mol. The van der Waals surface area contributed by atoms with Gasteiger partial charge in [-0.2, -0.15) is 10.5 Å².